The van der Waals surface area contributed by atoms with Crippen molar-refractivity contribution < 1.29 is 13.9 Å². The molecule has 0 radical (unpaired) electrons. The van der Waals surface area contributed by atoms with Crippen molar-refractivity contribution in [1.29, 1.82) is 0 Å². The maximum Gasteiger partial charge on any atom is 0.252 e. The number of hydrogen-bond donors (Lipinski definition) is 2. The molecule has 0 saturated heterocycles. The van der Waals surface area contributed by atoms with Crippen LogP contribution in [-0.2, 0) is 5.54 Å². The smallest absolute Gasteiger partial charge is 0.252 e. The van der Waals surface area contributed by atoms with Crippen LogP contribution < -0.4 is 5.73 Å². The van der Waals surface area contributed by atoms with Gasteiger partial charge >= 0.3 is 0 Å². The van der Waals surface area contributed by atoms with Crippen molar-refractivity contribution in [3.8, 4) is 5.75 Å². The van der Waals surface area contributed by atoms with E-state index in [0.29, 0.717) is 0 Å². The zero-order valence-corrected chi connectivity index (χ0v) is 8.56. The number of alkyl halides is 2. The van der Waals surface area contributed by atoms with E-state index >= 15 is 0 Å². The molecule has 0 unspecified atom stereocenters. The fourth-order valence-corrected chi connectivity index (χ4v) is 2.41. The molecule has 1 aliphatic carbocycles. The molecule has 1 saturated carbocycles. The summed E-state index contributed by atoms with van der Waals surface area (Å²) in [6.45, 7) is 0. The Morgan fingerprint density at radius 3 is 2.40 bits per heavy atom. The molecule has 0 spiro atoms. The highest BCUT2D eigenvalue weighted by molar-refractivity contribution is 6.31. The molecule has 1 aromatic rings. The van der Waals surface area contributed by atoms with E-state index in [1.54, 1.807) is 6.07 Å². The van der Waals surface area contributed by atoms with Crippen LogP contribution in [0.3, 0.4) is 0 Å². The van der Waals surface area contributed by atoms with Crippen molar-refractivity contribution >= 4 is 11.6 Å². The zero-order valence-electron chi connectivity index (χ0n) is 7.80. The molecule has 3 N–H and O–H groups in total. The zero-order chi connectivity index (χ0) is 11.3. The van der Waals surface area contributed by atoms with Gasteiger partial charge in [0, 0.05) is 23.4 Å². The van der Waals surface area contributed by atoms with E-state index in [2.05, 4.69) is 0 Å². The summed E-state index contributed by atoms with van der Waals surface area (Å²) in [5.41, 5.74) is 4.79. The molecular weight excluding hydrogens is 224 g/mol. The maximum absolute atomic E-state index is 12.8. The van der Waals surface area contributed by atoms with Crippen LogP contribution in [0.4, 0.5) is 8.78 Å². The second kappa shape index (κ2) is 3.06. The lowest BCUT2D eigenvalue weighted by Crippen LogP contribution is -2.55. The van der Waals surface area contributed by atoms with Gasteiger partial charge in [0.25, 0.3) is 5.92 Å². The number of aromatic hydroxyl groups is 1. The lowest BCUT2D eigenvalue weighted by Gasteiger charge is -2.45. The number of halogens is 3. The summed E-state index contributed by atoms with van der Waals surface area (Å²) in [7, 11) is 0. The Bertz CT molecular complexity index is 380. The highest BCUT2D eigenvalue weighted by atomic mass is 35.5. The molecule has 0 aromatic heterocycles. The molecule has 15 heavy (non-hydrogen) atoms. The predicted octanol–water partition coefficient (Wildman–Crippen LogP) is 2.63. The van der Waals surface area contributed by atoms with Crippen LogP contribution in [-0.4, -0.2) is 11.0 Å². The van der Waals surface area contributed by atoms with Gasteiger partial charge in [0.05, 0.1) is 5.54 Å². The minimum absolute atomic E-state index is 0.125. The van der Waals surface area contributed by atoms with Gasteiger partial charge in [0.2, 0.25) is 0 Å². The molecular formula is C10H10ClF2NO. The SMILES string of the molecule is NC1(c2c(O)cccc2Cl)CC(F)(F)C1. The Balaban J connectivity index is 2.39. The predicted molar refractivity (Wildman–Crippen MR) is 53.2 cm³/mol. The minimum Gasteiger partial charge on any atom is -0.508 e. The summed E-state index contributed by atoms with van der Waals surface area (Å²) in [4.78, 5) is 0. The van der Waals surface area contributed by atoms with Crippen LogP contribution in [0.1, 0.15) is 18.4 Å². The Kier molecular flexibility index (Phi) is 2.17. The van der Waals surface area contributed by atoms with Gasteiger partial charge in [0.1, 0.15) is 5.75 Å². The third kappa shape index (κ3) is 1.68. The van der Waals surface area contributed by atoms with Crippen molar-refractivity contribution in [3.63, 3.8) is 0 Å². The Labute approximate surface area is 90.7 Å². The average molecular weight is 234 g/mol. The Morgan fingerprint density at radius 2 is 1.93 bits per heavy atom. The van der Waals surface area contributed by atoms with E-state index in [1.165, 1.54) is 12.1 Å². The monoisotopic (exact) mass is 233 g/mol. The molecule has 2 rings (SSSR count). The molecule has 1 aliphatic rings. The van der Waals surface area contributed by atoms with Crippen LogP contribution in [0.5, 0.6) is 5.75 Å². The standard InChI is InChI=1S/C10H10ClF2NO/c11-6-2-1-3-7(15)8(6)9(14)4-10(12,13)5-9/h1-3,15H,4-5,14H2. The van der Waals surface area contributed by atoms with Gasteiger partial charge in [-0.25, -0.2) is 8.78 Å². The molecule has 2 nitrogen and oxygen atoms in total. The fraction of sp³-hybridized carbons (Fsp3) is 0.400. The highest BCUT2D eigenvalue weighted by Crippen LogP contribution is 2.53. The van der Waals surface area contributed by atoms with Crippen LogP contribution in [0.2, 0.25) is 5.02 Å². The largest absolute Gasteiger partial charge is 0.508 e. The summed E-state index contributed by atoms with van der Waals surface area (Å²) >= 11 is 5.83. The quantitative estimate of drug-likeness (QED) is 0.783. The minimum atomic E-state index is -2.75. The lowest BCUT2D eigenvalue weighted by atomic mass is 9.69. The van der Waals surface area contributed by atoms with Gasteiger partial charge in [-0.3, -0.25) is 0 Å². The van der Waals surface area contributed by atoms with E-state index in [4.69, 9.17) is 17.3 Å². The van der Waals surface area contributed by atoms with Crippen molar-refractivity contribution in [2.75, 3.05) is 0 Å². The number of nitrogens with two attached hydrogens (primary N) is 1. The van der Waals surface area contributed by atoms with E-state index in [9.17, 15) is 13.9 Å². The first-order chi connectivity index (χ1) is 6.84. The third-order valence-corrected chi connectivity index (χ3v) is 2.95. The van der Waals surface area contributed by atoms with Crippen molar-refractivity contribution in [1.82, 2.24) is 0 Å². The third-order valence-electron chi connectivity index (χ3n) is 2.64. The van der Waals surface area contributed by atoms with Crippen LogP contribution >= 0.6 is 11.6 Å². The molecule has 0 aliphatic heterocycles. The van der Waals surface area contributed by atoms with Gasteiger partial charge in [-0.15, -0.1) is 0 Å². The number of benzene rings is 1. The van der Waals surface area contributed by atoms with Gasteiger partial charge in [0.15, 0.2) is 0 Å². The summed E-state index contributed by atoms with van der Waals surface area (Å²) in [6, 6.07) is 4.47. The van der Waals surface area contributed by atoms with Crippen molar-refractivity contribution in [3.05, 3.63) is 28.8 Å². The topological polar surface area (TPSA) is 46.2 Å². The normalized spacial score (nSPS) is 22.1. The first-order valence-electron chi connectivity index (χ1n) is 4.49. The number of phenolic OH excluding ortho intramolecular Hbond substituents is 1. The fourth-order valence-electron chi connectivity index (χ4n) is 2.05. The average Bonchev–Trinajstić information content (AvgIpc) is 1.98. The second-order valence-corrected chi connectivity index (χ2v) is 4.41. The number of phenols is 1. The van der Waals surface area contributed by atoms with Crippen LogP contribution in [0.25, 0.3) is 0 Å². The summed E-state index contributed by atoms with van der Waals surface area (Å²) in [6.07, 6.45) is -0.950. The second-order valence-electron chi connectivity index (χ2n) is 4.00. The van der Waals surface area contributed by atoms with Gasteiger partial charge < -0.3 is 10.8 Å². The highest BCUT2D eigenvalue weighted by Gasteiger charge is 2.56. The van der Waals surface area contributed by atoms with Gasteiger partial charge in [-0.1, -0.05) is 17.7 Å². The first kappa shape index (κ1) is 10.6. The van der Waals surface area contributed by atoms with Crippen LogP contribution in [0.15, 0.2) is 18.2 Å². The summed E-state index contributed by atoms with van der Waals surface area (Å²) < 4.78 is 25.6. The summed E-state index contributed by atoms with van der Waals surface area (Å²) in [5.74, 6) is -2.87. The van der Waals surface area contributed by atoms with E-state index in [-0.39, 0.29) is 16.3 Å². The van der Waals surface area contributed by atoms with E-state index in [0.717, 1.165) is 0 Å². The van der Waals surface area contributed by atoms with Crippen LogP contribution in [0, 0.1) is 0 Å². The lowest BCUT2D eigenvalue weighted by molar-refractivity contribution is -0.125. The molecule has 1 aromatic carbocycles. The Hall–Kier alpha value is -0.870. The molecule has 1 fully saturated rings. The molecule has 5 heteroatoms. The van der Waals surface area contributed by atoms with Crippen molar-refractivity contribution in [2.24, 2.45) is 5.73 Å². The van der Waals surface area contributed by atoms with Crippen molar-refractivity contribution in [2.45, 2.75) is 24.3 Å². The van der Waals surface area contributed by atoms with Gasteiger partial charge in [-0.2, -0.15) is 0 Å². The molecule has 0 amide bonds. The van der Waals surface area contributed by atoms with E-state index < -0.39 is 24.3 Å². The van der Waals surface area contributed by atoms with Gasteiger partial charge in [-0.05, 0) is 12.1 Å². The van der Waals surface area contributed by atoms with E-state index in [1.807, 2.05) is 0 Å². The molecule has 0 heterocycles. The molecule has 82 valence electrons. The summed E-state index contributed by atoms with van der Waals surface area (Å²) in [5, 5.41) is 9.78. The number of hydrogen-bond acceptors (Lipinski definition) is 2. The molecule has 0 atom stereocenters. The molecule has 0 bridgehead atoms. The first-order valence-corrected chi connectivity index (χ1v) is 4.87. The Morgan fingerprint density at radius 1 is 1.33 bits per heavy atom. The number of rotatable bonds is 1. The maximum atomic E-state index is 12.8.